The van der Waals surface area contributed by atoms with Gasteiger partial charge in [0.15, 0.2) is 5.76 Å². The maximum absolute atomic E-state index is 13.9. The second-order valence-electron chi connectivity index (χ2n) is 9.36. The highest BCUT2D eigenvalue weighted by atomic mass is 16.5. The van der Waals surface area contributed by atoms with Gasteiger partial charge in [-0.3, -0.25) is 19.3 Å². The second kappa shape index (κ2) is 11.9. The molecule has 0 aliphatic carbocycles. The van der Waals surface area contributed by atoms with E-state index in [0.717, 1.165) is 29.5 Å². The van der Waals surface area contributed by atoms with E-state index in [1.807, 2.05) is 63.2 Å². The van der Waals surface area contributed by atoms with Crippen LogP contribution in [0.5, 0.6) is 0 Å². The van der Waals surface area contributed by atoms with E-state index in [1.165, 1.54) is 17.2 Å². The molecule has 0 spiro atoms. The van der Waals surface area contributed by atoms with Crippen LogP contribution >= 0.6 is 0 Å². The van der Waals surface area contributed by atoms with Gasteiger partial charge in [0.2, 0.25) is 11.8 Å². The number of nitrogens with one attached hydrogen (secondary N) is 2. The van der Waals surface area contributed by atoms with Crippen LogP contribution in [0.3, 0.4) is 0 Å². The SMILES string of the molecule is Cc1cc(C)c(N(C(=O)CNC(=O)c2ccco2)[C@@H](C(=O)NC[C@@H]2CCCO2)c2ccccc2)c(C)c1. The van der Waals surface area contributed by atoms with E-state index in [1.54, 1.807) is 6.07 Å². The van der Waals surface area contributed by atoms with Gasteiger partial charge < -0.3 is 19.8 Å². The van der Waals surface area contributed by atoms with Crippen molar-refractivity contribution in [1.82, 2.24) is 10.6 Å². The van der Waals surface area contributed by atoms with Gasteiger partial charge in [0, 0.05) is 13.2 Å². The minimum Gasteiger partial charge on any atom is -0.459 e. The molecule has 194 valence electrons. The third-order valence-electron chi connectivity index (χ3n) is 6.44. The average Bonchev–Trinajstić information content (AvgIpc) is 3.60. The van der Waals surface area contributed by atoms with E-state index in [0.29, 0.717) is 24.4 Å². The molecule has 3 aromatic rings. The van der Waals surface area contributed by atoms with Crippen LogP contribution in [0, 0.1) is 20.8 Å². The number of nitrogens with zero attached hydrogens (tertiary/aromatic N) is 1. The molecule has 2 aromatic carbocycles. The average molecular weight is 504 g/mol. The first-order valence-corrected chi connectivity index (χ1v) is 12.5. The van der Waals surface area contributed by atoms with Crippen LogP contribution in [0.1, 0.15) is 51.7 Å². The Balaban J connectivity index is 1.70. The lowest BCUT2D eigenvalue weighted by Crippen LogP contribution is -2.49. The number of carbonyl (C=O) groups is 3. The van der Waals surface area contributed by atoms with Crippen LogP contribution in [-0.2, 0) is 14.3 Å². The second-order valence-corrected chi connectivity index (χ2v) is 9.36. The Hall–Kier alpha value is -3.91. The predicted molar refractivity (Wildman–Crippen MR) is 140 cm³/mol. The number of aryl methyl sites for hydroxylation is 3. The van der Waals surface area contributed by atoms with Crippen molar-refractivity contribution in [3.8, 4) is 0 Å². The molecule has 1 aliphatic heterocycles. The van der Waals surface area contributed by atoms with Crippen LogP contribution in [-0.4, -0.2) is 43.5 Å². The lowest BCUT2D eigenvalue weighted by Gasteiger charge is -2.34. The molecule has 1 fully saturated rings. The molecule has 4 rings (SSSR count). The van der Waals surface area contributed by atoms with E-state index in [2.05, 4.69) is 10.6 Å². The fourth-order valence-corrected chi connectivity index (χ4v) is 4.86. The summed E-state index contributed by atoms with van der Waals surface area (Å²) < 4.78 is 10.8. The summed E-state index contributed by atoms with van der Waals surface area (Å²) in [5, 5.41) is 5.64. The first kappa shape index (κ1) is 26.2. The van der Waals surface area contributed by atoms with E-state index < -0.39 is 17.9 Å². The lowest BCUT2D eigenvalue weighted by atomic mass is 9.98. The molecule has 0 bridgehead atoms. The highest BCUT2D eigenvalue weighted by Gasteiger charge is 2.35. The van der Waals surface area contributed by atoms with Gasteiger partial charge >= 0.3 is 0 Å². The zero-order valence-corrected chi connectivity index (χ0v) is 21.5. The third kappa shape index (κ3) is 6.27. The summed E-state index contributed by atoms with van der Waals surface area (Å²) in [6.45, 7) is 6.57. The van der Waals surface area contributed by atoms with Crippen molar-refractivity contribution in [3.05, 3.63) is 88.9 Å². The van der Waals surface area contributed by atoms with Crippen LogP contribution in [0.25, 0.3) is 0 Å². The number of furan rings is 1. The van der Waals surface area contributed by atoms with Gasteiger partial charge in [0.1, 0.15) is 6.04 Å². The molecule has 8 nitrogen and oxygen atoms in total. The van der Waals surface area contributed by atoms with Gasteiger partial charge in [-0.05, 0) is 62.4 Å². The fraction of sp³-hybridized carbons (Fsp3) is 0.345. The summed E-state index contributed by atoms with van der Waals surface area (Å²) in [6, 6.07) is 15.3. The monoisotopic (exact) mass is 503 g/mol. The number of benzene rings is 2. The molecule has 0 saturated carbocycles. The first-order chi connectivity index (χ1) is 17.8. The molecule has 1 saturated heterocycles. The first-order valence-electron chi connectivity index (χ1n) is 12.5. The van der Waals surface area contributed by atoms with Gasteiger partial charge in [-0.15, -0.1) is 0 Å². The Morgan fingerprint density at radius 2 is 1.73 bits per heavy atom. The van der Waals surface area contributed by atoms with Gasteiger partial charge in [0.05, 0.1) is 24.6 Å². The zero-order valence-electron chi connectivity index (χ0n) is 21.5. The van der Waals surface area contributed by atoms with Crippen molar-refractivity contribution in [3.63, 3.8) is 0 Å². The normalized spacial score (nSPS) is 15.7. The summed E-state index contributed by atoms with van der Waals surface area (Å²) in [7, 11) is 0. The lowest BCUT2D eigenvalue weighted by molar-refractivity contribution is -0.126. The Labute approximate surface area is 217 Å². The molecule has 2 N–H and O–H groups in total. The molecule has 2 heterocycles. The van der Waals surface area contributed by atoms with Crippen molar-refractivity contribution >= 4 is 23.4 Å². The summed E-state index contributed by atoms with van der Waals surface area (Å²) in [4.78, 5) is 41.6. The Kier molecular flexibility index (Phi) is 8.40. The van der Waals surface area contributed by atoms with Gasteiger partial charge in [-0.1, -0.05) is 48.0 Å². The maximum Gasteiger partial charge on any atom is 0.287 e. The third-order valence-corrected chi connectivity index (χ3v) is 6.44. The molecular weight excluding hydrogens is 470 g/mol. The van der Waals surface area contributed by atoms with E-state index in [9.17, 15) is 14.4 Å². The standard InChI is InChI=1S/C29H33N3O5/c1-19-15-20(2)26(21(3)16-19)32(25(33)18-31-28(34)24-12-8-14-37-24)27(22-9-5-4-6-10-22)29(35)30-17-23-11-7-13-36-23/h4-6,8-10,12,14-16,23,27H,7,11,13,17-18H2,1-3H3,(H,30,35)(H,31,34)/t23-,27+/m0/s1. The van der Waals surface area contributed by atoms with Gasteiger partial charge in [-0.2, -0.15) is 0 Å². The number of hydrogen-bond acceptors (Lipinski definition) is 5. The van der Waals surface area contributed by atoms with Gasteiger partial charge in [0.25, 0.3) is 5.91 Å². The quantitative estimate of drug-likeness (QED) is 0.460. The predicted octanol–water partition coefficient (Wildman–Crippen LogP) is 4.00. The van der Waals surface area contributed by atoms with Crippen molar-refractivity contribution in [2.75, 3.05) is 24.6 Å². The molecular formula is C29H33N3O5. The number of ether oxygens (including phenoxy) is 1. The van der Waals surface area contributed by atoms with Crippen molar-refractivity contribution in [2.45, 2.75) is 45.8 Å². The number of rotatable bonds is 9. The number of carbonyl (C=O) groups excluding carboxylic acids is 3. The zero-order chi connectivity index (χ0) is 26.4. The van der Waals surface area contributed by atoms with E-state index in [-0.39, 0.29) is 24.3 Å². The summed E-state index contributed by atoms with van der Waals surface area (Å²) >= 11 is 0. The molecule has 2 atom stereocenters. The molecule has 1 aromatic heterocycles. The highest BCUT2D eigenvalue weighted by molar-refractivity contribution is 6.05. The fourth-order valence-electron chi connectivity index (χ4n) is 4.86. The Bertz CT molecular complexity index is 1210. The van der Waals surface area contributed by atoms with Crippen LogP contribution in [0.4, 0.5) is 5.69 Å². The number of hydrogen-bond donors (Lipinski definition) is 2. The van der Waals surface area contributed by atoms with Crippen LogP contribution in [0.2, 0.25) is 0 Å². The molecule has 0 radical (unpaired) electrons. The number of amides is 3. The topological polar surface area (TPSA) is 101 Å². The van der Waals surface area contributed by atoms with Crippen LogP contribution < -0.4 is 15.5 Å². The molecule has 8 heteroatoms. The summed E-state index contributed by atoms with van der Waals surface area (Å²) in [6.07, 6.45) is 3.20. The van der Waals surface area contributed by atoms with Crippen molar-refractivity contribution < 1.29 is 23.5 Å². The minimum absolute atomic E-state index is 0.0417. The maximum atomic E-state index is 13.9. The van der Waals surface area contributed by atoms with E-state index >= 15 is 0 Å². The van der Waals surface area contributed by atoms with Gasteiger partial charge in [-0.25, -0.2) is 0 Å². The molecule has 37 heavy (non-hydrogen) atoms. The number of anilines is 1. The minimum atomic E-state index is -0.948. The molecule has 3 amide bonds. The highest BCUT2D eigenvalue weighted by Crippen LogP contribution is 2.34. The van der Waals surface area contributed by atoms with Crippen molar-refractivity contribution in [1.29, 1.82) is 0 Å². The summed E-state index contributed by atoms with van der Waals surface area (Å²) in [5.74, 6) is -1.13. The summed E-state index contributed by atoms with van der Waals surface area (Å²) in [5.41, 5.74) is 4.07. The largest absolute Gasteiger partial charge is 0.459 e. The molecule has 1 aliphatic rings. The Morgan fingerprint density at radius 3 is 2.35 bits per heavy atom. The Morgan fingerprint density at radius 1 is 1.00 bits per heavy atom. The van der Waals surface area contributed by atoms with E-state index in [4.69, 9.17) is 9.15 Å². The van der Waals surface area contributed by atoms with Crippen LogP contribution in [0.15, 0.2) is 65.3 Å². The van der Waals surface area contributed by atoms with Crippen molar-refractivity contribution in [2.24, 2.45) is 0 Å². The molecule has 0 unspecified atom stereocenters. The smallest absolute Gasteiger partial charge is 0.287 e.